The average Bonchev–Trinajstić information content (AvgIpc) is 2.61. The summed E-state index contributed by atoms with van der Waals surface area (Å²) in [5.74, 6) is -0.218. The Morgan fingerprint density at radius 3 is 3.00 bits per heavy atom. The Hall–Kier alpha value is -0.940. The minimum absolute atomic E-state index is 0.218. The van der Waals surface area contributed by atoms with Crippen molar-refractivity contribution in [3.63, 3.8) is 0 Å². The lowest BCUT2D eigenvalue weighted by molar-refractivity contribution is -0.145. The van der Waals surface area contributed by atoms with Gasteiger partial charge in [0.25, 0.3) is 0 Å². The van der Waals surface area contributed by atoms with Crippen LogP contribution in [0.15, 0.2) is 5.38 Å². The Morgan fingerprint density at radius 2 is 2.47 bits per heavy atom. The molecular formula is C10H16N2O2S. The molecule has 0 saturated carbocycles. The van der Waals surface area contributed by atoms with Gasteiger partial charge in [0.2, 0.25) is 0 Å². The van der Waals surface area contributed by atoms with Crippen LogP contribution in [0, 0.1) is 6.92 Å². The third-order valence-corrected chi connectivity index (χ3v) is 2.72. The molecule has 0 amide bonds. The SMILES string of the molecule is CCOC(=O)C(C)NCc1csc(C)n1. The number of carbonyl (C=O) groups excluding carboxylic acids is 1. The summed E-state index contributed by atoms with van der Waals surface area (Å²) in [4.78, 5) is 15.6. The Morgan fingerprint density at radius 1 is 1.73 bits per heavy atom. The number of thiazole rings is 1. The standard InChI is InChI=1S/C10H16N2O2S/c1-4-14-10(13)7(2)11-5-9-6-15-8(3)12-9/h6-7,11H,4-5H2,1-3H3. The maximum atomic E-state index is 11.3. The van der Waals surface area contributed by atoms with Gasteiger partial charge in [0.05, 0.1) is 17.3 Å². The summed E-state index contributed by atoms with van der Waals surface area (Å²) < 4.78 is 4.88. The Balaban J connectivity index is 2.33. The molecule has 0 aliphatic rings. The van der Waals surface area contributed by atoms with E-state index in [2.05, 4.69) is 10.3 Å². The van der Waals surface area contributed by atoms with Crippen molar-refractivity contribution in [3.05, 3.63) is 16.1 Å². The van der Waals surface area contributed by atoms with E-state index in [9.17, 15) is 4.79 Å². The number of hydrogen-bond donors (Lipinski definition) is 1. The van der Waals surface area contributed by atoms with Gasteiger partial charge < -0.3 is 4.74 Å². The van der Waals surface area contributed by atoms with Crippen molar-refractivity contribution in [2.24, 2.45) is 0 Å². The van der Waals surface area contributed by atoms with Crippen molar-refractivity contribution in [1.82, 2.24) is 10.3 Å². The van der Waals surface area contributed by atoms with Crippen molar-refractivity contribution in [1.29, 1.82) is 0 Å². The molecule has 5 heteroatoms. The van der Waals surface area contributed by atoms with E-state index >= 15 is 0 Å². The number of ether oxygens (including phenoxy) is 1. The summed E-state index contributed by atoms with van der Waals surface area (Å²) in [6.45, 7) is 6.57. The fraction of sp³-hybridized carbons (Fsp3) is 0.600. The van der Waals surface area contributed by atoms with E-state index in [0.29, 0.717) is 13.2 Å². The predicted molar refractivity (Wildman–Crippen MR) is 59.8 cm³/mol. The summed E-state index contributed by atoms with van der Waals surface area (Å²) >= 11 is 1.61. The van der Waals surface area contributed by atoms with Crippen LogP contribution in [0.1, 0.15) is 24.5 Å². The van der Waals surface area contributed by atoms with E-state index in [1.54, 1.807) is 25.2 Å². The summed E-state index contributed by atoms with van der Waals surface area (Å²) in [6.07, 6.45) is 0. The van der Waals surface area contributed by atoms with Crippen LogP contribution in [-0.4, -0.2) is 23.6 Å². The molecule has 0 aliphatic carbocycles. The van der Waals surface area contributed by atoms with Gasteiger partial charge >= 0.3 is 5.97 Å². The third-order valence-electron chi connectivity index (χ3n) is 1.90. The van der Waals surface area contributed by atoms with Crippen LogP contribution in [0.2, 0.25) is 0 Å². The number of hydrogen-bond acceptors (Lipinski definition) is 5. The number of nitrogens with zero attached hydrogens (tertiary/aromatic N) is 1. The number of aromatic nitrogens is 1. The smallest absolute Gasteiger partial charge is 0.322 e. The molecule has 1 N–H and O–H groups in total. The molecule has 0 aromatic carbocycles. The Labute approximate surface area is 93.7 Å². The normalized spacial score (nSPS) is 12.5. The van der Waals surface area contributed by atoms with Crippen LogP contribution in [0.3, 0.4) is 0 Å². The highest BCUT2D eigenvalue weighted by atomic mass is 32.1. The van der Waals surface area contributed by atoms with Gasteiger partial charge in [0.1, 0.15) is 6.04 Å². The first kappa shape index (κ1) is 12.1. The van der Waals surface area contributed by atoms with Gasteiger partial charge in [-0.1, -0.05) is 0 Å². The number of rotatable bonds is 5. The zero-order valence-corrected chi connectivity index (χ0v) is 10.1. The van der Waals surface area contributed by atoms with E-state index in [1.807, 2.05) is 12.3 Å². The summed E-state index contributed by atoms with van der Waals surface area (Å²) in [6, 6.07) is -0.285. The summed E-state index contributed by atoms with van der Waals surface area (Å²) in [7, 11) is 0. The van der Waals surface area contributed by atoms with Crippen LogP contribution in [0.5, 0.6) is 0 Å². The lowest BCUT2D eigenvalue weighted by Crippen LogP contribution is -2.34. The Kier molecular flexibility index (Phi) is 4.71. The lowest BCUT2D eigenvalue weighted by Gasteiger charge is -2.11. The predicted octanol–water partition coefficient (Wildman–Crippen LogP) is 1.49. The quantitative estimate of drug-likeness (QED) is 0.776. The van der Waals surface area contributed by atoms with E-state index in [4.69, 9.17) is 4.74 Å². The third kappa shape index (κ3) is 3.97. The first-order valence-corrected chi connectivity index (χ1v) is 5.82. The molecule has 4 nitrogen and oxygen atoms in total. The molecule has 1 atom stereocenters. The molecule has 1 rings (SSSR count). The van der Waals surface area contributed by atoms with Crippen molar-refractivity contribution >= 4 is 17.3 Å². The molecule has 0 bridgehead atoms. The van der Waals surface area contributed by atoms with Gasteiger partial charge in [-0.2, -0.15) is 0 Å². The zero-order valence-electron chi connectivity index (χ0n) is 9.24. The maximum absolute atomic E-state index is 11.3. The van der Waals surface area contributed by atoms with Crippen LogP contribution in [-0.2, 0) is 16.1 Å². The largest absolute Gasteiger partial charge is 0.465 e. The summed E-state index contributed by atoms with van der Waals surface area (Å²) in [5.41, 5.74) is 0.966. The van der Waals surface area contributed by atoms with Crippen LogP contribution < -0.4 is 5.32 Å². The Bertz CT molecular complexity index is 325. The van der Waals surface area contributed by atoms with Crippen molar-refractivity contribution in [2.75, 3.05) is 6.61 Å². The van der Waals surface area contributed by atoms with Crippen molar-refractivity contribution in [2.45, 2.75) is 33.4 Å². The van der Waals surface area contributed by atoms with E-state index < -0.39 is 0 Å². The molecular weight excluding hydrogens is 212 g/mol. The second kappa shape index (κ2) is 5.82. The van der Waals surface area contributed by atoms with Crippen LogP contribution in [0.25, 0.3) is 0 Å². The highest BCUT2D eigenvalue weighted by molar-refractivity contribution is 7.09. The molecule has 15 heavy (non-hydrogen) atoms. The molecule has 0 fully saturated rings. The summed E-state index contributed by atoms with van der Waals surface area (Å²) in [5, 5.41) is 6.09. The lowest BCUT2D eigenvalue weighted by atomic mass is 10.3. The molecule has 1 aromatic heterocycles. The number of aryl methyl sites for hydroxylation is 1. The second-order valence-corrected chi connectivity index (χ2v) is 4.27. The second-order valence-electron chi connectivity index (χ2n) is 3.21. The van der Waals surface area contributed by atoms with Crippen LogP contribution >= 0.6 is 11.3 Å². The van der Waals surface area contributed by atoms with Crippen molar-refractivity contribution in [3.8, 4) is 0 Å². The van der Waals surface area contributed by atoms with E-state index in [1.165, 1.54) is 0 Å². The minimum atomic E-state index is -0.285. The molecule has 0 spiro atoms. The molecule has 1 unspecified atom stereocenters. The highest BCUT2D eigenvalue weighted by Gasteiger charge is 2.13. The molecule has 0 aliphatic heterocycles. The van der Waals surface area contributed by atoms with Crippen LogP contribution in [0.4, 0.5) is 0 Å². The fourth-order valence-electron chi connectivity index (χ4n) is 1.10. The van der Waals surface area contributed by atoms with E-state index in [-0.39, 0.29) is 12.0 Å². The van der Waals surface area contributed by atoms with Gasteiger partial charge in [-0.3, -0.25) is 10.1 Å². The van der Waals surface area contributed by atoms with Gasteiger partial charge in [-0.25, -0.2) is 4.98 Å². The number of carbonyl (C=O) groups is 1. The molecule has 0 radical (unpaired) electrons. The molecule has 1 aromatic rings. The number of nitrogens with one attached hydrogen (secondary N) is 1. The average molecular weight is 228 g/mol. The number of esters is 1. The van der Waals surface area contributed by atoms with Gasteiger partial charge in [-0.15, -0.1) is 11.3 Å². The minimum Gasteiger partial charge on any atom is -0.465 e. The van der Waals surface area contributed by atoms with Crippen molar-refractivity contribution < 1.29 is 9.53 Å². The topological polar surface area (TPSA) is 51.2 Å². The van der Waals surface area contributed by atoms with Gasteiger partial charge in [0.15, 0.2) is 0 Å². The zero-order chi connectivity index (χ0) is 11.3. The fourth-order valence-corrected chi connectivity index (χ4v) is 1.71. The first-order chi connectivity index (χ1) is 7.13. The molecule has 84 valence electrons. The van der Waals surface area contributed by atoms with Gasteiger partial charge in [-0.05, 0) is 20.8 Å². The monoisotopic (exact) mass is 228 g/mol. The maximum Gasteiger partial charge on any atom is 0.322 e. The van der Waals surface area contributed by atoms with Gasteiger partial charge in [0, 0.05) is 11.9 Å². The highest BCUT2D eigenvalue weighted by Crippen LogP contribution is 2.07. The molecule has 1 heterocycles. The molecule has 0 saturated heterocycles. The van der Waals surface area contributed by atoms with E-state index in [0.717, 1.165) is 10.7 Å². The first-order valence-electron chi connectivity index (χ1n) is 4.94.